The van der Waals surface area contributed by atoms with Crippen LogP contribution in [-0.4, -0.2) is 30.6 Å². The van der Waals surface area contributed by atoms with Gasteiger partial charge in [0.2, 0.25) is 5.95 Å². The number of aryl methyl sites for hydroxylation is 1. The Labute approximate surface area is 120 Å². The van der Waals surface area contributed by atoms with E-state index in [1.54, 1.807) is 0 Å². The number of hydrogen-bond acceptors (Lipinski definition) is 5. The second-order valence-electron chi connectivity index (χ2n) is 4.82. The fourth-order valence-corrected chi connectivity index (χ4v) is 1.79. The minimum Gasteiger partial charge on any atom is -0.378 e. The van der Waals surface area contributed by atoms with Crippen LogP contribution in [0, 0.1) is 6.92 Å². The molecule has 1 aromatic heterocycles. The Morgan fingerprint density at radius 3 is 2.45 bits per heavy atom. The van der Waals surface area contributed by atoms with Crippen LogP contribution < -0.4 is 15.5 Å². The number of hydrogen-bond donors (Lipinski definition) is 2. The molecule has 0 fully saturated rings. The third-order valence-electron chi connectivity index (χ3n) is 2.95. The smallest absolute Gasteiger partial charge is 0.224 e. The maximum absolute atomic E-state index is 4.47. The molecule has 0 aliphatic rings. The van der Waals surface area contributed by atoms with Crippen LogP contribution in [0.25, 0.3) is 0 Å². The summed E-state index contributed by atoms with van der Waals surface area (Å²) in [5.74, 6) is 1.47. The van der Waals surface area contributed by atoms with E-state index in [0.29, 0.717) is 5.95 Å². The molecule has 0 saturated carbocycles. The molecule has 20 heavy (non-hydrogen) atoms. The SMILES string of the molecule is CCNc1ncc(C)c(Nc2ccc(N(C)C)cc2)n1. The quantitative estimate of drug-likeness (QED) is 0.875. The zero-order valence-electron chi connectivity index (χ0n) is 12.4. The van der Waals surface area contributed by atoms with Gasteiger partial charge in [-0.1, -0.05) is 0 Å². The molecule has 0 unspecified atom stereocenters. The molecular formula is C15H21N5. The maximum Gasteiger partial charge on any atom is 0.224 e. The molecule has 0 aliphatic carbocycles. The second kappa shape index (κ2) is 6.23. The van der Waals surface area contributed by atoms with Crippen LogP contribution in [0.3, 0.4) is 0 Å². The standard InChI is InChI=1S/C15H21N5/c1-5-16-15-17-10-11(2)14(19-15)18-12-6-8-13(9-7-12)20(3)4/h6-10H,5H2,1-4H3,(H2,16,17,18,19). The van der Waals surface area contributed by atoms with E-state index in [4.69, 9.17) is 0 Å². The molecule has 1 heterocycles. The van der Waals surface area contributed by atoms with Gasteiger partial charge in [0.15, 0.2) is 0 Å². The highest BCUT2D eigenvalue weighted by atomic mass is 15.1. The normalized spacial score (nSPS) is 10.2. The van der Waals surface area contributed by atoms with E-state index in [1.807, 2.05) is 46.3 Å². The van der Waals surface area contributed by atoms with Gasteiger partial charge in [0, 0.05) is 43.8 Å². The number of anilines is 4. The summed E-state index contributed by atoms with van der Waals surface area (Å²) in [4.78, 5) is 10.8. The molecule has 0 atom stereocenters. The molecule has 0 saturated heterocycles. The zero-order valence-corrected chi connectivity index (χ0v) is 12.4. The Kier molecular flexibility index (Phi) is 4.40. The summed E-state index contributed by atoms with van der Waals surface area (Å²) >= 11 is 0. The number of nitrogens with one attached hydrogen (secondary N) is 2. The third-order valence-corrected chi connectivity index (χ3v) is 2.95. The van der Waals surface area contributed by atoms with Gasteiger partial charge in [-0.2, -0.15) is 4.98 Å². The zero-order chi connectivity index (χ0) is 14.5. The summed E-state index contributed by atoms with van der Waals surface area (Å²) in [5.41, 5.74) is 3.20. The van der Waals surface area contributed by atoms with Crippen LogP contribution >= 0.6 is 0 Å². The van der Waals surface area contributed by atoms with Crippen molar-refractivity contribution in [3.63, 3.8) is 0 Å². The summed E-state index contributed by atoms with van der Waals surface area (Å²) in [6.07, 6.45) is 1.82. The van der Waals surface area contributed by atoms with Gasteiger partial charge in [0.25, 0.3) is 0 Å². The van der Waals surface area contributed by atoms with E-state index in [1.165, 1.54) is 5.69 Å². The minimum atomic E-state index is 0.644. The van der Waals surface area contributed by atoms with Gasteiger partial charge in [-0.05, 0) is 38.1 Å². The van der Waals surface area contributed by atoms with Crippen LogP contribution in [-0.2, 0) is 0 Å². The predicted molar refractivity (Wildman–Crippen MR) is 85.0 cm³/mol. The average Bonchev–Trinajstić information content (AvgIpc) is 2.43. The maximum atomic E-state index is 4.47. The molecule has 2 aromatic rings. The van der Waals surface area contributed by atoms with Gasteiger partial charge < -0.3 is 15.5 Å². The highest BCUT2D eigenvalue weighted by molar-refractivity contribution is 5.62. The molecular weight excluding hydrogens is 250 g/mol. The van der Waals surface area contributed by atoms with Crippen molar-refractivity contribution in [3.05, 3.63) is 36.0 Å². The molecule has 106 valence electrons. The van der Waals surface area contributed by atoms with Gasteiger partial charge in [0.1, 0.15) is 5.82 Å². The van der Waals surface area contributed by atoms with E-state index in [9.17, 15) is 0 Å². The number of rotatable bonds is 5. The second-order valence-corrected chi connectivity index (χ2v) is 4.82. The monoisotopic (exact) mass is 271 g/mol. The molecule has 2 N–H and O–H groups in total. The van der Waals surface area contributed by atoms with Crippen molar-refractivity contribution in [2.24, 2.45) is 0 Å². The first kappa shape index (κ1) is 14.1. The van der Waals surface area contributed by atoms with Crippen molar-refractivity contribution in [1.82, 2.24) is 9.97 Å². The molecule has 0 bridgehead atoms. The topological polar surface area (TPSA) is 53.1 Å². The van der Waals surface area contributed by atoms with Crippen molar-refractivity contribution < 1.29 is 0 Å². The summed E-state index contributed by atoms with van der Waals surface area (Å²) in [6, 6.07) is 8.24. The van der Waals surface area contributed by atoms with E-state index < -0.39 is 0 Å². The van der Waals surface area contributed by atoms with Crippen molar-refractivity contribution >= 4 is 23.1 Å². The Balaban J connectivity index is 2.18. The molecule has 5 nitrogen and oxygen atoms in total. The fourth-order valence-electron chi connectivity index (χ4n) is 1.79. The van der Waals surface area contributed by atoms with E-state index >= 15 is 0 Å². The molecule has 0 spiro atoms. The largest absolute Gasteiger partial charge is 0.378 e. The highest BCUT2D eigenvalue weighted by Gasteiger charge is 2.04. The average molecular weight is 271 g/mol. The summed E-state index contributed by atoms with van der Waals surface area (Å²) in [7, 11) is 4.05. The molecule has 0 amide bonds. The lowest BCUT2D eigenvalue weighted by atomic mass is 10.2. The van der Waals surface area contributed by atoms with Gasteiger partial charge in [-0.3, -0.25) is 0 Å². The van der Waals surface area contributed by atoms with Gasteiger partial charge in [-0.25, -0.2) is 4.98 Å². The number of nitrogens with zero attached hydrogens (tertiary/aromatic N) is 3. The molecule has 2 rings (SSSR count). The van der Waals surface area contributed by atoms with Crippen molar-refractivity contribution in [2.75, 3.05) is 36.2 Å². The fraction of sp³-hybridized carbons (Fsp3) is 0.333. The first-order valence-corrected chi connectivity index (χ1v) is 6.72. The molecule has 0 aliphatic heterocycles. The Morgan fingerprint density at radius 1 is 1.15 bits per heavy atom. The Bertz CT molecular complexity index is 563. The Morgan fingerprint density at radius 2 is 1.85 bits per heavy atom. The van der Waals surface area contributed by atoms with Crippen LogP contribution in [0.2, 0.25) is 0 Å². The van der Waals surface area contributed by atoms with E-state index in [2.05, 4.69) is 37.6 Å². The predicted octanol–water partition coefficient (Wildman–Crippen LogP) is 3.03. The van der Waals surface area contributed by atoms with Gasteiger partial charge in [0.05, 0.1) is 0 Å². The molecule has 0 radical (unpaired) electrons. The van der Waals surface area contributed by atoms with E-state index in [-0.39, 0.29) is 0 Å². The van der Waals surface area contributed by atoms with Crippen LogP contribution in [0.5, 0.6) is 0 Å². The first-order chi connectivity index (χ1) is 9.60. The minimum absolute atomic E-state index is 0.644. The van der Waals surface area contributed by atoms with Crippen molar-refractivity contribution in [2.45, 2.75) is 13.8 Å². The molecule has 5 heteroatoms. The summed E-state index contributed by atoms with van der Waals surface area (Å²) in [6.45, 7) is 4.82. The lowest BCUT2D eigenvalue weighted by Gasteiger charge is -2.14. The van der Waals surface area contributed by atoms with E-state index in [0.717, 1.165) is 23.6 Å². The van der Waals surface area contributed by atoms with Crippen LogP contribution in [0.4, 0.5) is 23.1 Å². The third kappa shape index (κ3) is 3.38. The van der Waals surface area contributed by atoms with Crippen LogP contribution in [0.15, 0.2) is 30.5 Å². The Hall–Kier alpha value is -2.30. The number of benzene rings is 1. The van der Waals surface area contributed by atoms with Crippen molar-refractivity contribution in [3.8, 4) is 0 Å². The summed E-state index contributed by atoms with van der Waals surface area (Å²) in [5, 5.41) is 6.44. The first-order valence-electron chi connectivity index (χ1n) is 6.72. The van der Waals surface area contributed by atoms with Crippen molar-refractivity contribution in [1.29, 1.82) is 0 Å². The van der Waals surface area contributed by atoms with Gasteiger partial charge in [-0.15, -0.1) is 0 Å². The van der Waals surface area contributed by atoms with Crippen LogP contribution in [0.1, 0.15) is 12.5 Å². The molecule has 1 aromatic carbocycles. The highest BCUT2D eigenvalue weighted by Crippen LogP contribution is 2.21. The lowest BCUT2D eigenvalue weighted by Crippen LogP contribution is -2.08. The number of aromatic nitrogens is 2. The lowest BCUT2D eigenvalue weighted by molar-refractivity contribution is 1.07. The van der Waals surface area contributed by atoms with Gasteiger partial charge >= 0.3 is 0 Å². The summed E-state index contributed by atoms with van der Waals surface area (Å²) < 4.78 is 0.